The van der Waals surface area contributed by atoms with Crippen LogP contribution in [0.2, 0.25) is 0 Å². The van der Waals surface area contributed by atoms with Crippen molar-refractivity contribution in [2.45, 2.75) is 24.8 Å². The number of nitrogens with two attached hydrogens (primary N) is 1. The highest BCUT2D eigenvalue weighted by molar-refractivity contribution is 7.89. The summed E-state index contributed by atoms with van der Waals surface area (Å²) in [7, 11) is -4.41. The molecule has 1 rings (SSSR count). The van der Waals surface area contributed by atoms with Crippen LogP contribution >= 0.6 is 0 Å². The number of aliphatic hydroxyl groups excluding tert-OH is 1. The van der Waals surface area contributed by atoms with Gasteiger partial charge < -0.3 is 10.8 Å². The first kappa shape index (κ1) is 15.8. The molecule has 1 aromatic carbocycles. The van der Waals surface area contributed by atoms with Crippen LogP contribution in [0.25, 0.3) is 0 Å². The maximum absolute atomic E-state index is 13.6. The van der Waals surface area contributed by atoms with Gasteiger partial charge in [-0.15, -0.1) is 0 Å². The molecule has 0 aliphatic heterocycles. The van der Waals surface area contributed by atoms with Crippen LogP contribution in [0.4, 0.5) is 14.5 Å². The second kappa shape index (κ2) is 5.81. The van der Waals surface area contributed by atoms with Crippen LogP contribution in [-0.2, 0) is 10.0 Å². The van der Waals surface area contributed by atoms with Gasteiger partial charge in [0.2, 0.25) is 10.0 Å². The lowest BCUT2D eigenvalue weighted by Crippen LogP contribution is -2.41. The molecule has 0 saturated heterocycles. The van der Waals surface area contributed by atoms with Crippen molar-refractivity contribution in [3.05, 3.63) is 23.8 Å². The van der Waals surface area contributed by atoms with Crippen molar-refractivity contribution < 1.29 is 22.3 Å². The maximum atomic E-state index is 13.6. The number of nitrogen functional groups attached to an aromatic ring is 1. The van der Waals surface area contributed by atoms with Gasteiger partial charge in [0.25, 0.3) is 0 Å². The molecule has 0 fully saturated rings. The minimum atomic E-state index is -4.41. The fraction of sp³-hybridized carbons (Fsp3) is 0.455. The van der Waals surface area contributed by atoms with Crippen molar-refractivity contribution in [3.8, 4) is 0 Å². The molecular weight excluding hydrogens is 278 g/mol. The van der Waals surface area contributed by atoms with Gasteiger partial charge in [0.05, 0.1) is 6.61 Å². The van der Waals surface area contributed by atoms with Crippen molar-refractivity contribution in [2.75, 3.05) is 12.3 Å². The largest absolute Gasteiger partial charge is 0.399 e. The first-order chi connectivity index (χ1) is 8.69. The normalized spacial score (nSPS) is 13.8. The third-order valence-corrected chi connectivity index (χ3v) is 4.14. The lowest BCUT2D eigenvalue weighted by molar-refractivity contribution is 0.227. The molecule has 19 heavy (non-hydrogen) atoms. The summed E-state index contributed by atoms with van der Waals surface area (Å²) in [6, 6.07) is 0.614. The lowest BCUT2D eigenvalue weighted by atomic mass is 10.1. The van der Waals surface area contributed by atoms with Gasteiger partial charge in [-0.25, -0.2) is 21.9 Å². The summed E-state index contributed by atoms with van der Waals surface area (Å²) in [5.41, 5.74) is 5.00. The second-order valence-corrected chi connectivity index (χ2v) is 6.12. The number of hydrogen-bond donors (Lipinski definition) is 3. The van der Waals surface area contributed by atoms with Crippen LogP contribution in [0, 0.1) is 17.6 Å². The molecule has 1 unspecified atom stereocenters. The molecule has 0 radical (unpaired) electrons. The topological polar surface area (TPSA) is 92.4 Å². The van der Waals surface area contributed by atoms with Gasteiger partial charge in [-0.3, -0.25) is 0 Å². The molecule has 0 aliphatic rings. The Morgan fingerprint density at radius 3 is 2.16 bits per heavy atom. The summed E-state index contributed by atoms with van der Waals surface area (Å²) in [6.07, 6.45) is 0. The van der Waals surface area contributed by atoms with Crippen LogP contribution < -0.4 is 10.5 Å². The zero-order valence-corrected chi connectivity index (χ0v) is 11.3. The first-order valence-electron chi connectivity index (χ1n) is 5.56. The molecule has 0 aromatic heterocycles. The number of benzene rings is 1. The van der Waals surface area contributed by atoms with E-state index >= 15 is 0 Å². The molecule has 0 saturated carbocycles. The van der Waals surface area contributed by atoms with Gasteiger partial charge in [-0.2, -0.15) is 0 Å². The van der Waals surface area contributed by atoms with Gasteiger partial charge in [-0.05, 0) is 18.1 Å². The number of sulfonamides is 1. The first-order valence-corrected chi connectivity index (χ1v) is 7.05. The van der Waals surface area contributed by atoms with Gasteiger partial charge in [0, 0.05) is 11.7 Å². The molecule has 0 bridgehead atoms. The Hall–Kier alpha value is -1.25. The van der Waals surface area contributed by atoms with E-state index in [9.17, 15) is 17.2 Å². The fourth-order valence-corrected chi connectivity index (χ4v) is 2.97. The quantitative estimate of drug-likeness (QED) is 0.702. The predicted octanol–water partition coefficient (Wildman–Crippen LogP) is 0.842. The summed E-state index contributed by atoms with van der Waals surface area (Å²) in [5.74, 6) is -2.78. The molecule has 5 nitrogen and oxygen atoms in total. The standard InChI is InChI=1S/C11H16F2N2O3S/c1-6(2)10(5-16)15-19(17,18)11-8(12)3-7(14)4-9(11)13/h3-4,6,10,15-16H,5,14H2,1-2H3. The summed E-state index contributed by atoms with van der Waals surface area (Å²) in [4.78, 5) is -1.10. The molecule has 0 heterocycles. The smallest absolute Gasteiger partial charge is 0.246 e. The number of nitrogens with one attached hydrogen (secondary N) is 1. The highest BCUT2D eigenvalue weighted by Crippen LogP contribution is 2.22. The Morgan fingerprint density at radius 2 is 1.79 bits per heavy atom. The van der Waals surface area contributed by atoms with E-state index in [1.54, 1.807) is 13.8 Å². The lowest BCUT2D eigenvalue weighted by Gasteiger charge is -2.20. The molecule has 0 aliphatic carbocycles. The van der Waals surface area contributed by atoms with Crippen molar-refractivity contribution in [3.63, 3.8) is 0 Å². The number of anilines is 1. The Balaban J connectivity index is 3.21. The highest BCUT2D eigenvalue weighted by atomic mass is 32.2. The number of halogens is 2. The highest BCUT2D eigenvalue weighted by Gasteiger charge is 2.28. The Kier molecular flexibility index (Phi) is 4.83. The number of hydrogen-bond acceptors (Lipinski definition) is 4. The minimum absolute atomic E-state index is 0.212. The van der Waals surface area contributed by atoms with E-state index in [1.807, 2.05) is 0 Å². The van der Waals surface area contributed by atoms with E-state index in [-0.39, 0.29) is 11.6 Å². The molecule has 0 amide bonds. The van der Waals surface area contributed by atoms with Crippen molar-refractivity contribution in [1.29, 1.82) is 0 Å². The Labute approximate surface area is 110 Å². The van der Waals surface area contributed by atoms with Crippen LogP contribution in [0.15, 0.2) is 17.0 Å². The second-order valence-electron chi connectivity index (χ2n) is 4.47. The molecule has 0 spiro atoms. The van der Waals surface area contributed by atoms with Gasteiger partial charge in [-0.1, -0.05) is 13.8 Å². The van der Waals surface area contributed by atoms with Gasteiger partial charge in [0.1, 0.15) is 11.6 Å². The average molecular weight is 294 g/mol. The Bertz CT molecular complexity index is 538. The van der Waals surface area contributed by atoms with E-state index < -0.39 is 39.2 Å². The van der Waals surface area contributed by atoms with Crippen LogP contribution in [0.3, 0.4) is 0 Å². The molecule has 108 valence electrons. The molecule has 1 atom stereocenters. The van der Waals surface area contributed by atoms with Crippen LogP contribution in [0.1, 0.15) is 13.8 Å². The number of rotatable bonds is 5. The zero-order chi connectivity index (χ0) is 14.8. The summed E-state index contributed by atoms with van der Waals surface area (Å²) in [6.45, 7) is 2.85. The monoisotopic (exact) mass is 294 g/mol. The van der Waals surface area contributed by atoms with E-state index in [4.69, 9.17) is 10.8 Å². The predicted molar refractivity (Wildman–Crippen MR) is 66.8 cm³/mol. The van der Waals surface area contributed by atoms with Crippen LogP contribution in [0.5, 0.6) is 0 Å². The fourth-order valence-electron chi connectivity index (χ4n) is 1.48. The number of aliphatic hydroxyl groups is 1. The SMILES string of the molecule is CC(C)C(CO)NS(=O)(=O)c1c(F)cc(N)cc1F. The Morgan fingerprint density at radius 1 is 1.32 bits per heavy atom. The van der Waals surface area contributed by atoms with E-state index in [0.29, 0.717) is 0 Å². The summed E-state index contributed by atoms with van der Waals surface area (Å²) in [5, 5.41) is 9.05. The summed E-state index contributed by atoms with van der Waals surface area (Å²) < 4.78 is 53.0. The van der Waals surface area contributed by atoms with Gasteiger partial charge in [0.15, 0.2) is 4.90 Å². The van der Waals surface area contributed by atoms with E-state index in [0.717, 1.165) is 12.1 Å². The third kappa shape index (κ3) is 3.62. The molecule has 4 N–H and O–H groups in total. The van der Waals surface area contributed by atoms with Crippen molar-refractivity contribution >= 4 is 15.7 Å². The summed E-state index contributed by atoms with van der Waals surface area (Å²) >= 11 is 0. The zero-order valence-electron chi connectivity index (χ0n) is 10.5. The molecule has 8 heteroatoms. The van der Waals surface area contributed by atoms with Crippen molar-refractivity contribution in [1.82, 2.24) is 4.72 Å². The van der Waals surface area contributed by atoms with Crippen molar-refractivity contribution in [2.24, 2.45) is 5.92 Å². The molecular formula is C11H16F2N2O3S. The third-order valence-electron chi connectivity index (χ3n) is 2.60. The van der Waals surface area contributed by atoms with Crippen LogP contribution in [-0.4, -0.2) is 26.2 Å². The molecule has 1 aromatic rings. The maximum Gasteiger partial charge on any atom is 0.246 e. The van der Waals surface area contributed by atoms with E-state index in [2.05, 4.69) is 4.72 Å². The average Bonchev–Trinajstić information content (AvgIpc) is 2.23. The van der Waals surface area contributed by atoms with E-state index in [1.165, 1.54) is 0 Å². The minimum Gasteiger partial charge on any atom is -0.399 e. The van der Waals surface area contributed by atoms with Gasteiger partial charge >= 0.3 is 0 Å².